The maximum Gasteiger partial charge on any atom is 0.351 e. The normalized spacial score (nSPS) is 22.5. The van der Waals surface area contributed by atoms with Gasteiger partial charge in [0.05, 0.1) is 0 Å². The van der Waals surface area contributed by atoms with Gasteiger partial charge in [-0.2, -0.15) is 4.98 Å². The molecular weight excluding hydrogens is 414 g/mol. The van der Waals surface area contributed by atoms with E-state index in [-0.39, 0.29) is 24.8 Å². The summed E-state index contributed by atoms with van der Waals surface area (Å²) in [5.41, 5.74) is -0.800. The second-order valence-corrected chi connectivity index (χ2v) is 6.82. The number of carbonyl (C=O) groups excluding carboxylic acids is 4. The standard InChI is InChI=1S/C19H25N3O9/c1-5-6-15(26)20-14-7-8-22(19(27)21-14)18-17(30-12(4)25)16(29-11(3)24)13(31-18)9-28-10(2)23/h7-8,13,16-18H,5-6,9H2,1-4H3,(H,20,21,26,27)/t13-,16-,17-,18-/m1/s1. The molecule has 2 rings (SSSR count). The van der Waals surface area contributed by atoms with E-state index in [1.807, 2.05) is 6.92 Å². The van der Waals surface area contributed by atoms with E-state index in [9.17, 15) is 24.0 Å². The zero-order valence-electron chi connectivity index (χ0n) is 17.7. The molecule has 0 saturated carbocycles. The average molecular weight is 439 g/mol. The summed E-state index contributed by atoms with van der Waals surface area (Å²) in [5, 5.41) is 2.50. The maximum absolute atomic E-state index is 12.6. The molecule has 1 aromatic rings. The van der Waals surface area contributed by atoms with Crippen molar-refractivity contribution < 1.29 is 38.1 Å². The molecule has 1 saturated heterocycles. The summed E-state index contributed by atoms with van der Waals surface area (Å²) in [7, 11) is 0. The van der Waals surface area contributed by atoms with Crippen LogP contribution in [0, 0.1) is 0 Å². The number of nitrogens with one attached hydrogen (secondary N) is 1. The van der Waals surface area contributed by atoms with Gasteiger partial charge in [0, 0.05) is 33.4 Å². The number of carbonyl (C=O) groups is 4. The predicted molar refractivity (Wildman–Crippen MR) is 104 cm³/mol. The van der Waals surface area contributed by atoms with Crippen LogP contribution in [0.15, 0.2) is 17.1 Å². The molecule has 31 heavy (non-hydrogen) atoms. The van der Waals surface area contributed by atoms with E-state index in [4.69, 9.17) is 18.9 Å². The number of amides is 1. The van der Waals surface area contributed by atoms with Gasteiger partial charge in [0.15, 0.2) is 18.4 Å². The van der Waals surface area contributed by atoms with Gasteiger partial charge in [-0.05, 0) is 12.5 Å². The molecule has 1 aromatic heterocycles. The van der Waals surface area contributed by atoms with Crippen LogP contribution in [0.2, 0.25) is 0 Å². The quantitative estimate of drug-likeness (QED) is 0.442. The average Bonchev–Trinajstić information content (AvgIpc) is 2.96. The Balaban J connectivity index is 2.35. The highest BCUT2D eigenvalue weighted by molar-refractivity contribution is 5.89. The van der Waals surface area contributed by atoms with E-state index < -0.39 is 48.1 Å². The molecule has 1 aliphatic rings. The van der Waals surface area contributed by atoms with Crippen molar-refractivity contribution in [3.8, 4) is 0 Å². The summed E-state index contributed by atoms with van der Waals surface area (Å²) in [6.45, 7) is 5.03. The van der Waals surface area contributed by atoms with Gasteiger partial charge in [0.2, 0.25) is 5.91 Å². The highest BCUT2D eigenvalue weighted by Gasteiger charge is 2.50. The molecular formula is C19H25N3O9. The second-order valence-electron chi connectivity index (χ2n) is 6.82. The van der Waals surface area contributed by atoms with Gasteiger partial charge in [0.1, 0.15) is 18.5 Å². The van der Waals surface area contributed by atoms with Crippen molar-refractivity contribution in [2.75, 3.05) is 11.9 Å². The summed E-state index contributed by atoms with van der Waals surface area (Å²) < 4.78 is 22.3. The SMILES string of the molecule is CCCC(=O)Nc1ccn([C@@H]2O[C@H](COC(C)=O)[C@@H](OC(C)=O)[C@H]2OC(C)=O)c(=O)n1. The van der Waals surface area contributed by atoms with Gasteiger partial charge in [-0.25, -0.2) is 4.79 Å². The van der Waals surface area contributed by atoms with Crippen LogP contribution in [0.25, 0.3) is 0 Å². The van der Waals surface area contributed by atoms with Crippen LogP contribution in [-0.2, 0) is 38.1 Å². The Labute approximate surface area is 177 Å². The lowest BCUT2D eigenvalue weighted by Gasteiger charge is -2.23. The fraction of sp³-hybridized carbons (Fsp3) is 0.579. The highest BCUT2D eigenvalue weighted by Crippen LogP contribution is 2.33. The largest absolute Gasteiger partial charge is 0.463 e. The third-order valence-electron chi connectivity index (χ3n) is 4.19. The first-order valence-corrected chi connectivity index (χ1v) is 9.64. The minimum Gasteiger partial charge on any atom is -0.463 e. The van der Waals surface area contributed by atoms with Crippen molar-refractivity contribution >= 4 is 29.6 Å². The molecule has 0 spiro atoms. The van der Waals surface area contributed by atoms with Crippen LogP contribution in [0.4, 0.5) is 5.82 Å². The number of rotatable bonds is 8. The van der Waals surface area contributed by atoms with Crippen LogP contribution in [0.3, 0.4) is 0 Å². The van der Waals surface area contributed by atoms with Crippen LogP contribution in [0.5, 0.6) is 0 Å². The number of hydrogen-bond donors (Lipinski definition) is 1. The van der Waals surface area contributed by atoms with Crippen molar-refractivity contribution in [3.05, 3.63) is 22.7 Å². The Bertz CT molecular complexity index is 898. The van der Waals surface area contributed by atoms with Crippen molar-refractivity contribution in [2.45, 2.75) is 65.1 Å². The van der Waals surface area contributed by atoms with E-state index in [0.717, 1.165) is 18.4 Å². The van der Waals surface area contributed by atoms with E-state index in [1.165, 1.54) is 19.2 Å². The Morgan fingerprint density at radius 3 is 2.29 bits per heavy atom. The molecule has 0 unspecified atom stereocenters. The lowest BCUT2D eigenvalue weighted by Crippen LogP contribution is -2.41. The molecule has 0 aromatic carbocycles. The molecule has 0 aliphatic carbocycles. The summed E-state index contributed by atoms with van der Waals surface area (Å²) in [6.07, 6.45) is -2.36. The van der Waals surface area contributed by atoms with Gasteiger partial charge in [-0.3, -0.25) is 23.7 Å². The minimum absolute atomic E-state index is 0.0507. The molecule has 170 valence electrons. The lowest BCUT2D eigenvalue weighted by atomic mass is 10.1. The highest BCUT2D eigenvalue weighted by atomic mass is 16.7. The second kappa shape index (κ2) is 10.7. The van der Waals surface area contributed by atoms with Gasteiger partial charge >= 0.3 is 23.6 Å². The lowest BCUT2D eigenvalue weighted by molar-refractivity contribution is -0.166. The molecule has 1 aliphatic heterocycles. The zero-order chi connectivity index (χ0) is 23.1. The third kappa shape index (κ3) is 6.60. The van der Waals surface area contributed by atoms with Gasteiger partial charge in [0.25, 0.3) is 0 Å². The summed E-state index contributed by atoms with van der Waals surface area (Å²) in [4.78, 5) is 62.5. The van der Waals surface area contributed by atoms with E-state index in [2.05, 4.69) is 10.3 Å². The summed E-state index contributed by atoms with van der Waals surface area (Å²) in [5.74, 6) is -2.22. The molecule has 1 N–H and O–H groups in total. The smallest absolute Gasteiger partial charge is 0.351 e. The Kier molecular flexibility index (Phi) is 8.25. The molecule has 1 amide bonds. The first kappa shape index (κ1) is 24.0. The Morgan fingerprint density at radius 1 is 1.10 bits per heavy atom. The summed E-state index contributed by atoms with van der Waals surface area (Å²) >= 11 is 0. The number of ether oxygens (including phenoxy) is 4. The Morgan fingerprint density at radius 2 is 1.74 bits per heavy atom. The molecule has 0 bridgehead atoms. The molecule has 4 atom stereocenters. The topological polar surface area (TPSA) is 152 Å². The number of hydrogen-bond acceptors (Lipinski definition) is 10. The van der Waals surface area contributed by atoms with Crippen molar-refractivity contribution in [2.24, 2.45) is 0 Å². The van der Waals surface area contributed by atoms with Crippen molar-refractivity contribution in [1.29, 1.82) is 0 Å². The van der Waals surface area contributed by atoms with E-state index in [1.54, 1.807) is 0 Å². The van der Waals surface area contributed by atoms with Crippen LogP contribution < -0.4 is 11.0 Å². The minimum atomic E-state index is -1.21. The Hall–Kier alpha value is -3.28. The number of nitrogens with zero attached hydrogens (tertiary/aromatic N) is 2. The first-order chi connectivity index (χ1) is 14.6. The zero-order valence-corrected chi connectivity index (χ0v) is 17.7. The van der Waals surface area contributed by atoms with Gasteiger partial charge in [-0.1, -0.05) is 6.92 Å². The van der Waals surface area contributed by atoms with Gasteiger partial charge < -0.3 is 24.3 Å². The van der Waals surface area contributed by atoms with Gasteiger partial charge in [-0.15, -0.1) is 0 Å². The summed E-state index contributed by atoms with van der Waals surface area (Å²) in [6, 6.07) is 1.38. The number of esters is 3. The molecule has 12 nitrogen and oxygen atoms in total. The molecule has 12 heteroatoms. The van der Waals surface area contributed by atoms with E-state index in [0.29, 0.717) is 6.42 Å². The molecule has 0 radical (unpaired) electrons. The number of aromatic nitrogens is 2. The fourth-order valence-corrected chi connectivity index (χ4v) is 3.03. The molecule has 1 fully saturated rings. The van der Waals surface area contributed by atoms with Crippen LogP contribution >= 0.6 is 0 Å². The van der Waals surface area contributed by atoms with Crippen molar-refractivity contribution in [3.63, 3.8) is 0 Å². The monoisotopic (exact) mass is 439 g/mol. The van der Waals surface area contributed by atoms with Crippen molar-refractivity contribution in [1.82, 2.24) is 9.55 Å². The number of anilines is 1. The fourth-order valence-electron chi connectivity index (χ4n) is 3.03. The van der Waals surface area contributed by atoms with E-state index >= 15 is 0 Å². The maximum atomic E-state index is 12.6. The molecule has 2 heterocycles. The predicted octanol–water partition coefficient (Wildman–Crippen LogP) is 0.306. The van der Waals surface area contributed by atoms with Crippen LogP contribution in [0.1, 0.15) is 46.8 Å². The van der Waals surface area contributed by atoms with Crippen LogP contribution in [-0.4, -0.2) is 58.3 Å². The third-order valence-corrected chi connectivity index (χ3v) is 4.19. The first-order valence-electron chi connectivity index (χ1n) is 9.64.